The van der Waals surface area contributed by atoms with Crippen molar-refractivity contribution in [3.8, 4) is 5.75 Å². The lowest BCUT2D eigenvalue weighted by atomic mass is 10.2. The summed E-state index contributed by atoms with van der Waals surface area (Å²) in [5, 5.41) is 0. The lowest BCUT2D eigenvalue weighted by molar-refractivity contribution is 0.415. The van der Waals surface area contributed by atoms with E-state index in [-0.39, 0.29) is 11.5 Å². The number of hydrogen-bond donors (Lipinski definition) is 0. The average molecular weight is 323 g/mol. The molecule has 0 saturated carbocycles. The molecule has 0 radical (unpaired) electrons. The van der Waals surface area contributed by atoms with Crippen molar-refractivity contribution in [3.63, 3.8) is 0 Å². The molecule has 1 aromatic heterocycles. The summed E-state index contributed by atoms with van der Waals surface area (Å²) in [6.45, 7) is 6.01. The van der Waals surface area contributed by atoms with E-state index in [1.807, 2.05) is 19.6 Å². The summed E-state index contributed by atoms with van der Waals surface area (Å²) < 4.78 is 39.3. The Balaban J connectivity index is 2.56. The smallest absolute Gasteiger partial charge is 0.296 e. The van der Waals surface area contributed by atoms with Gasteiger partial charge >= 0.3 is 0 Å². The second-order valence-corrected chi connectivity index (χ2v) is 10.6. The molecule has 6 heteroatoms. The molecule has 22 heavy (non-hydrogen) atoms. The number of benzene rings is 1. The number of furan rings is 1. The number of halogens is 2. The molecule has 0 aliphatic rings. The van der Waals surface area contributed by atoms with Gasteiger partial charge < -0.3 is 13.7 Å². The third kappa shape index (κ3) is 3.39. The predicted molar refractivity (Wildman–Crippen MR) is 86.7 cm³/mol. The number of nitrogens with zero attached hydrogens (tertiary/aromatic N) is 1. The van der Waals surface area contributed by atoms with Crippen LogP contribution in [0.4, 0.5) is 14.5 Å². The molecular formula is C16H19F2NO2Si. The van der Waals surface area contributed by atoms with Crippen LogP contribution in [-0.4, -0.2) is 15.3 Å². The van der Waals surface area contributed by atoms with E-state index in [4.69, 9.17) is 9.15 Å². The normalized spacial score (nSPS) is 11.2. The van der Waals surface area contributed by atoms with Gasteiger partial charge in [-0.3, -0.25) is 0 Å². The Kier molecular flexibility index (Phi) is 4.70. The Bertz CT molecular complexity index is 642. The Labute approximate surface area is 129 Å². The van der Waals surface area contributed by atoms with Crippen molar-refractivity contribution in [1.29, 1.82) is 0 Å². The summed E-state index contributed by atoms with van der Waals surface area (Å²) in [5.41, 5.74) is 0.522. The first-order chi connectivity index (χ1) is 10.3. The van der Waals surface area contributed by atoms with Gasteiger partial charge in [0.05, 0.1) is 13.4 Å². The van der Waals surface area contributed by atoms with Crippen LogP contribution in [0.15, 0.2) is 53.2 Å². The maximum absolute atomic E-state index is 13.6. The fraction of sp³-hybridized carbons (Fsp3) is 0.250. The maximum atomic E-state index is 13.6. The number of rotatable bonds is 5. The first-order valence-corrected chi connectivity index (χ1v) is 10.3. The molecule has 2 rings (SSSR count). The van der Waals surface area contributed by atoms with Crippen molar-refractivity contribution in [2.45, 2.75) is 19.6 Å². The lowest BCUT2D eigenvalue weighted by Gasteiger charge is -2.36. The van der Waals surface area contributed by atoms with Crippen LogP contribution in [0, 0.1) is 0 Å². The van der Waals surface area contributed by atoms with E-state index in [1.165, 1.54) is 6.26 Å². The Morgan fingerprint density at radius 3 is 2.14 bits per heavy atom. The number of ether oxygens (including phenoxy) is 1. The van der Waals surface area contributed by atoms with Gasteiger partial charge in [-0.1, -0.05) is 19.6 Å². The molecule has 0 bridgehead atoms. The first kappa shape index (κ1) is 16.3. The molecule has 0 fully saturated rings. The summed E-state index contributed by atoms with van der Waals surface area (Å²) in [6.07, 6.45) is -0.359. The van der Waals surface area contributed by atoms with Gasteiger partial charge in [0.1, 0.15) is 11.4 Å². The molecule has 0 saturated heterocycles. The number of anilines is 1. The summed E-state index contributed by atoms with van der Waals surface area (Å²) >= 11 is 0. The molecule has 0 spiro atoms. The molecule has 0 unspecified atom stereocenters. The molecule has 1 aromatic carbocycles. The zero-order chi connectivity index (χ0) is 16.3. The van der Waals surface area contributed by atoms with Crippen molar-refractivity contribution in [1.82, 2.24) is 0 Å². The van der Waals surface area contributed by atoms with Gasteiger partial charge in [0.15, 0.2) is 14.0 Å². The maximum Gasteiger partial charge on any atom is 0.296 e. The third-order valence-electron chi connectivity index (χ3n) is 3.16. The fourth-order valence-electron chi connectivity index (χ4n) is 2.28. The minimum atomic E-state index is -2.14. The summed E-state index contributed by atoms with van der Waals surface area (Å²) in [6, 6.07) is 10.2. The van der Waals surface area contributed by atoms with Crippen molar-refractivity contribution >= 4 is 19.6 Å². The molecule has 2 aromatic rings. The van der Waals surface area contributed by atoms with Gasteiger partial charge in [-0.2, -0.15) is 8.78 Å². The van der Waals surface area contributed by atoms with Gasteiger partial charge in [0.2, 0.25) is 0 Å². The van der Waals surface area contributed by atoms with Gasteiger partial charge in [-0.15, -0.1) is 0 Å². The minimum absolute atomic E-state index is 0.165. The average Bonchev–Trinajstić information content (AvgIpc) is 2.97. The third-order valence-corrected chi connectivity index (χ3v) is 4.98. The van der Waals surface area contributed by atoms with E-state index in [1.54, 1.807) is 48.1 Å². The van der Waals surface area contributed by atoms with Crippen LogP contribution in [0.3, 0.4) is 0 Å². The van der Waals surface area contributed by atoms with Crippen LogP contribution in [0.5, 0.6) is 5.75 Å². The van der Waals surface area contributed by atoms with E-state index < -0.39 is 14.3 Å². The molecule has 0 N–H and O–H groups in total. The SMILES string of the molecule is COc1ccc(N(C(=C(F)F)c2ccco2)[Si](C)(C)C)cc1. The van der Waals surface area contributed by atoms with E-state index in [2.05, 4.69) is 0 Å². The molecule has 1 heterocycles. The van der Waals surface area contributed by atoms with Crippen LogP contribution in [0.25, 0.3) is 5.70 Å². The van der Waals surface area contributed by atoms with E-state index >= 15 is 0 Å². The highest BCUT2D eigenvalue weighted by atomic mass is 28.3. The van der Waals surface area contributed by atoms with Crippen molar-refractivity contribution in [3.05, 3.63) is 54.5 Å². The second kappa shape index (κ2) is 6.35. The van der Waals surface area contributed by atoms with Gasteiger partial charge in [0, 0.05) is 5.69 Å². The fourth-order valence-corrected chi connectivity index (χ4v) is 4.07. The van der Waals surface area contributed by atoms with Crippen LogP contribution in [-0.2, 0) is 0 Å². The van der Waals surface area contributed by atoms with Crippen LogP contribution >= 0.6 is 0 Å². The van der Waals surface area contributed by atoms with E-state index in [0.717, 1.165) is 0 Å². The Hall–Kier alpha value is -2.08. The second-order valence-electron chi connectivity index (χ2n) is 5.79. The summed E-state index contributed by atoms with van der Waals surface area (Å²) in [4.78, 5) is 0. The van der Waals surface area contributed by atoms with Crippen LogP contribution < -0.4 is 9.30 Å². The quantitative estimate of drug-likeness (QED) is 0.708. The predicted octanol–water partition coefficient (Wildman–Crippen LogP) is 5.19. The van der Waals surface area contributed by atoms with E-state index in [0.29, 0.717) is 11.4 Å². The molecule has 0 amide bonds. The molecule has 0 aliphatic carbocycles. The Morgan fingerprint density at radius 2 is 1.73 bits per heavy atom. The van der Waals surface area contributed by atoms with Crippen molar-refractivity contribution in [2.24, 2.45) is 0 Å². The van der Waals surface area contributed by atoms with Gasteiger partial charge in [-0.25, -0.2) is 0 Å². The Morgan fingerprint density at radius 1 is 1.09 bits per heavy atom. The van der Waals surface area contributed by atoms with Crippen LogP contribution in [0.2, 0.25) is 19.6 Å². The molecule has 118 valence electrons. The zero-order valence-corrected chi connectivity index (χ0v) is 14.1. The first-order valence-electron chi connectivity index (χ1n) is 6.88. The van der Waals surface area contributed by atoms with Gasteiger partial charge in [0.25, 0.3) is 6.08 Å². The van der Waals surface area contributed by atoms with Crippen molar-refractivity contribution < 1.29 is 17.9 Å². The molecule has 0 atom stereocenters. The largest absolute Gasteiger partial charge is 0.497 e. The summed E-state index contributed by atoms with van der Waals surface area (Å²) in [5.74, 6) is 0.849. The molecule has 3 nitrogen and oxygen atoms in total. The topological polar surface area (TPSA) is 25.6 Å². The standard InChI is InChI=1S/C16H19F2NO2Si/c1-20-13-9-7-12(8-10-13)19(22(2,3)4)15(16(17)18)14-6-5-11-21-14/h5-11H,1-4H3. The van der Waals surface area contributed by atoms with Crippen molar-refractivity contribution in [2.75, 3.05) is 11.7 Å². The minimum Gasteiger partial charge on any atom is -0.497 e. The highest BCUT2D eigenvalue weighted by molar-refractivity contribution is 6.81. The molecular weight excluding hydrogens is 304 g/mol. The number of hydrogen-bond acceptors (Lipinski definition) is 3. The zero-order valence-electron chi connectivity index (χ0n) is 13.1. The monoisotopic (exact) mass is 323 g/mol. The van der Waals surface area contributed by atoms with E-state index in [9.17, 15) is 8.78 Å². The lowest BCUT2D eigenvalue weighted by Crippen LogP contribution is -2.45. The van der Waals surface area contributed by atoms with Crippen LogP contribution in [0.1, 0.15) is 5.76 Å². The molecule has 0 aliphatic heterocycles. The summed E-state index contributed by atoms with van der Waals surface area (Å²) in [7, 11) is -0.572. The number of methoxy groups -OCH3 is 1. The highest BCUT2D eigenvalue weighted by Crippen LogP contribution is 2.35. The van der Waals surface area contributed by atoms with Gasteiger partial charge in [-0.05, 0) is 36.4 Å². The highest BCUT2D eigenvalue weighted by Gasteiger charge is 2.32.